The van der Waals surface area contributed by atoms with E-state index in [1.807, 2.05) is 47.9 Å². The lowest BCUT2D eigenvalue weighted by atomic mass is 10.1. The van der Waals surface area contributed by atoms with Gasteiger partial charge in [0.1, 0.15) is 11.3 Å². The first-order valence-electron chi connectivity index (χ1n) is 6.20. The maximum absolute atomic E-state index is 11.6. The van der Waals surface area contributed by atoms with E-state index in [9.17, 15) is 4.79 Å². The van der Waals surface area contributed by atoms with Crippen molar-refractivity contribution < 1.29 is 4.79 Å². The number of hydrogen-bond acceptors (Lipinski definition) is 3. The quantitative estimate of drug-likeness (QED) is 0.547. The van der Waals surface area contributed by atoms with Gasteiger partial charge in [0, 0.05) is 17.4 Å². The SMILES string of the molecule is Cc1nc2cccnc2n1-c1ccc(C(=O)CBr)cc1. The highest BCUT2D eigenvalue weighted by atomic mass is 79.9. The molecule has 1 aromatic carbocycles. The van der Waals surface area contributed by atoms with Crippen LogP contribution in [-0.4, -0.2) is 25.6 Å². The van der Waals surface area contributed by atoms with Gasteiger partial charge < -0.3 is 0 Å². The van der Waals surface area contributed by atoms with Gasteiger partial charge in [-0.05, 0) is 43.3 Å². The Morgan fingerprint density at radius 1 is 1.25 bits per heavy atom. The Labute approximate surface area is 124 Å². The number of carbonyl (C=O) groups excluding carboxylic acids is 1. The summed E-state index contributed by atoms with van der Waals surface area (Å²) in [7, 11) is 0. The summed E-state index contributed by atoms with van der Waals surface area (Å²) in [5.41, 5.74) is 3.34. The number of nitrogens with zero attached hydrogens (tertiary/aromatic N) is 3. The van der Waals surface area contributed by atoms with Crippen molar-refractivity contribution in [3.05, 3.63) is 54.0 Å². The number of Topliss-reactive ketones (excluding diaryl/α,β-unsaturated/α-hetero) is 1. The van der Waals surface area contributed by atoms with Crippen LogP contribution < -0.4 is 0 Å². The molecule has 2 heterocycles. The Kier molecular flexibility index (Phi) is 3.36. The molecule has 0 radical (unpaired) electrons. The molecule has 0 atom stereocenters. The average molecular weight is 330 g/mol. The molecule has 0 saturated heterocycles. The van der Waals surface area contributed by atoms with E-state index in [1.165, 1.54) is 0 Å². The first kappa shape index (κ1) is 13.0. The van der Waals surface area contributed by atoms with E-state index >= 15 is 0 Å². The van der Waals surface area contributed by atoms with Crippen molar-refractivity contribution in [3.63, 3.8) is 0 Å². The maximum Gasteiger partial charge on any atom is 0.173 e. The number of pyridine rings is 1. The van der Waals surface area contributed by atoms with E-state index in [2.05, 4.69) is 25.9 Å². The topological polar surface area (TPSA) is 47.8 Å². The Morgan fingerprint density at radius 2 is 2.00 bits per heavy atom. The molecule has 2 aromatic heterocycles. The second-order valence-electron chi connectivity index (χ2n) is 4.44. The number of benzene rings is 1. The van der Waals surface area contributed by atoms with Gasteiger partial charge in [-0.2, -0.15) is 0 Å². The number of aryl methyl sites for hydroxylation is 1. The molecule has 0 N–H and O–H groups in total. The highest BCUT2D eigenvalue weighted by molar-refractivity contribution is 9.09. The lowest BCUT2D eigenvalue weighted by Gasteiger charge is -2.06. The van der Waals surface area contributed by atoms with Crippen molar-refractivity contribution in [1.29, 1.82) is 0 Å². The smallest absolute Gasteiger partial charge is 0.173 e. The van der Waals surface area contributed by atoms with Gasteiger partial charge in [0.25, 0.3) is 0 Å². The molecular formula is C15H12BrN3O. The van der Waals surface area contributed by atoms with E-state index < -0.39 is 0 Å². The number of hydrogen-bond donors (Lipinski definition) is 0. The van der Waals surface area contributed by atoms with Crippen LogP contribution in [0.2, 0.25) is 0 Å². The minimum absolute atomic E-state index is 0.0712. The normalized spacial score (nSPS) is 10.9. The molecule has 3 rings (SSSR count). The predicted octanol–water partition coefficient (Wildman–Crippen LogP) is 3.31. The number of halogens is 1. The molecule has 4 nitrogen and oxygen atoms in total. The summed E-state index contributed by atoms with van der Waals surface area (Å²) in [4.78, 5) is 20.5. The molecule has 0 bridgehead atoms. The fourth-order valence-electron chi connectivity index (χ4n) is 2.21. The van der Waals surface area contributed by atoms with Crippen molar-refractivity contribution in [3.8, 4) is 5.69 Å². The van der Waals surface area contributed by atoms with Crippen molar-refractivity contribution in [2.24, 2.45) is 0 Å². The number of carbonyl (C=O) groups is 1. The zero-order valence-corrected chi connectivity index (χ0v) is 12.5. The van der Waals surface area contributed by atoms with Crippen molar-refractivity contribution in [1.82, 2.24) is 14.5 Å². The molecule has 0 aliphatic rings. The molecule has 0 aliphatic heterocycles. The average Bonchev–Trinajstić information content (AvgIpc) is 2.82. The molecule has 0 spiro atoms. The van der Waals surface area contributed by atoms with Crippen molar-refractivity contribution in [2.75, 3.05) is 5.33 Å². The molecule has 100 valence electrons. The molecule has 0 unspecified atom stereocenters. The minimum atomic E-state index is 0.0712. The molecule has 0 amide bonds. The lowest BCUT2D eigenvalue weighted by molar-refractivity contribution is 0.102. The maximum atomic E-state index is 11.6. The standard InChI is InChI=1S/C15H12BrN3O/c1-10-18-13-3-2-8-17-15(13)19(10)12-6-4-11(5-7-12)14(20)9-16/h2-8H,9H2,1H3. The van der Waals surface area contributed by atoms with Crippen molar-refractivity contribution in [2.45, 2.75) is 6.92 Å². The van der Waals surface area contributed by atoms with E-state index in [4.69, 9.17) is 0 Å². The van der Waals surface area contributed by atoms with Gasteiger partial charge in [0.05, 0.1) is 5.33 Å². The van der Waals surface area contributed by atoms with Crippen LogP contribution in [-0.2, 0) is 0 Å². The Bertz CT molecular complexity index is 777. The third-order valence-corrected chi connectivity index (χ3v) is 3.66. The monoisotopic (exact) mass is 329 g/mol. The highest BCUT2D eigenvalue weighted by Gasteiger charge is 2.10. The molecule has 3 aromatic rings. The Balaban J connectivity index is 2.11. The number of aromatic nitrogens is 3. The van der Waals surface area contributed by atoms with Gasteiger partial charge in [-0.1, -0.05) is 15.9 Å². The summed E-state index contributed by atoms with van der Waals surface area (Å²) in [5.74, 6) is 0.945. The summed E-state index contributed by atoms with van der Waals surface area (Å²) in [6.07, 6.45) is 1.75. The number of rotatable bonds is 3. The van der Waals surface area contributed by atoms with Crippen LogP contribution in [0.25, 0.3) is 16.9 Å². The number of imidazole rings is 1. The lowest BCUT2D eigenvalue weighted by Crippen LogP contribution is -2.02. The molecule has 0 aliphatic carbocycles. The first-order valence-corrected chi connectivity index (χ1v) is 7.32. The van der Waals surface area contributed by atoms with Gasteiger partial charge in [-0.3, -0.25) is 9.36 Å². The van der Waals surface area contributed by atoms with Gasteiger partial charge in [-0.25, -0.2) is 9.97 Å². The van der Waals surface area contributed by atoms with Crippen LogP contribution in [0, 0.1) is 6.92 Å². The van der Waals surface area contributed by atoms with Gasteiger partial charge >= 0.3 is 0 Å². The first-order chi connectivity index (χ1) is 9.70. The van der Waals surface area contributed by atoms with Crippen LogP contribution in [0.4, 0.5) is 0 Å². The fourth-order valence-corrected chi connectivity index (χ4v) is 2.53. The Morgan fingerprint density at radius 3 is 2.70 bits per heavy atom. The largest absolute Gasteiger partial charge is 0.293 e. The molecule has 0 saturated carbocycles. The number of fused-ring (bicyclic) bond motifs is 1. The predicted molar refractivity (Wildman–Crippen MR) is 81.7 cm³/mol. The van der Waals surface area contributed by atoms with E-state index in [1.54, 1.807) is 6.20 Å². The molecule has 5 heteroatoms. The zero-order valence-electron chi connectivity index (χ0n) is 10.9. The second-order valence-corrected chi connectivity index (χ2v) is 5.00. The summed E-state index contributed by atoms with van der Waals surface area (Å²) in [6.45, 7) is 1.94. The van der Waals surface area contributed by atoms with E-state index in [-0.39, 0.29) is 5.78 Å². The summed E-state index contributed by atoms with van der Waals surface area (Å²) >= 11 is 3.18. The molecule has 0 fully saturated rings. The summed E-state index contributed by atoms with van der Waals surface area (Å²) in [6, 6.07) is 11.3. The number of alkyl halides is 1. The van der Waals surface area contributed by atoms with Crippen LogP contribution in [0.1, 0.15) is 16.2 Å². The van der Waals surface area contributed by atoms with Crippen LogP contribution >= 0.6 is 15.9 Å². The highest BCUT2D eigenvalue weighted by Crippen LogP contribution is 2.19. The van der Waals surface area contributed by atoms with Crippen LogP contribution in [0.3, 0.4) is 0 Å². The third kappa shape index (κ3) is 2.14. The second kappa shape index (κ2) is 5.17. The van der Waals surface area contributed by atoms with E-state index in [0.29, 0.717) is 10.9 Å². The zero-order chi connectivity index (χ0) is 14.1. The van der Waals surface area contributed by atoms with Crippen LogP contribution in [0.15, 0.2) is 42.6 Å². The van der Waals surface area contributed by atoms with Gasteiger partial charge in [0.2, 0.25) is 0 Å². The van der Waals surface area contributed by atoms with Gasteiger partial charge in [-0.15, -0.1) is 0 Å². The minimum Gasteiger partial charge on any atom is -0.293 e. The summed E-state index contributed by atoms with van der Waals surface area (Å²) in [5, 5.41) is 0.334. The summed E-state index contributed by atoms with van der Waals surface area (Å²) < 4.78 is 1.98. The molecule has 20 heavy (non-hydrogen) atoms. The number of ketones is 1. The fraction of sp³-hybridized carbons (Fsp3) is 0.133. The third-order valence-electron chi connectivity index (χ3n) is 3.15. The van der Waals surface area contributed by atoms with Crippen molar-refractivity contribution >= 4 is 32.9 Å². The molecular weight excluding hydrogens is 318 g/mol. The van der Waals surface area contributed by atoms with E-state index in [0.717, 1.165) is 22.7 Å². The Hall–Kier alpha value is -2.01. The van der Waals surface area contributed by atoms with Crippen LogP contribution in [0.5, 0.6) is 0 Å². The van der Waals surface area contributed by atoms with Gasteiger partial charge in [0.15, 0.2) is 11.4 Å².